The number of hydrogen-bond acceptors (Lipinski definition) is 6. The van der Waals surface area contributed by atoms with Crippen molar-refractivity contribution in [2.45, 2.75) is 20.8 Å². The quantitative estimate of drug-likeness (QED) is 0.612. The monoisotopic (exact) mass is 428 g/mol. The Morgan fingerprint density at radius 2 is 1.69 bits per heavy atom. The van der Waals surface area contributed by atoms with E-state index in [9.17, 15) is 9.59 Å². The predicted octanol–water partition coefficient (Wildman–Crippen LogP) is 1.75. The molecule has 29 heavy (non-hydrogen) atoms. The molecular formula is C20H33ClN4O4. The van der Waals surface area contributed by atoms with Crippen LogP contribution in [0.1, 0.15) is 31.1 Å². The van der Waals surface area contributed by atoms with Gasteiger partial charge in [0, 0.05) is 50.7 Å². The molecule has 0 bridgehead atoms. The molecule has 1 aliphatic heterocycles. The van der Waals surface area contributed by atoms with Crippen molar-refractivity contribution in [3.05, 3.63) is 17.7 Å². The van der Waals surface area contributed by atoms with Crippen LogP contribution in [0.15, 0.2) is 12.1 Å². The van der Waals surface area contributed by atoms with Gasteiger partial charge in [-0.2, -0.15) is 0 Å². The van der Waals surface area contributed by atoms with E-state index in [0.717, 1.165) is 32.7 Å². The zero-order valence-electron chi connectivity index (χ0n) is 17.9. The van der Waals surface area contributed by atoms with Crippen LogP contribution in [0.3, 0.4) is 0 Å². The molecule has 1 fully saturated rings. The molecule has 1 aliphatic rings. The van der Waals surface area contributed by atoms with Gasteiger partial charge in [0.15, 0.2) is 11.5 Å². The van der Waals surface area contributed by atoms with Gasteiger partial charge in [0.05, 0.1) is 25.5 Å². The van der Waals surface area contributed by atoms with Crippen LogP contribution in [0.25, 0.3) is 0 Å². The second-order valence-electron chi connectivity index (χ2n) is 7.80. The Morgan fingerprint density at radius 1 is 1.10 bits per heavy atom. The number of nitrogens with zero attached hydrogens (tertiary/aromatic N) is 1. The minimum absolute atomic E-state index is 0. The lowest BCUT2D eigenvalue weighted by Gasteiger charge is -2.27. The standard InChI is InChI=1S/C20H32N4O4.ClH/c1-20(2,3)19(26)23-15-13-17(28-5)16(27-4)12-14(15)18(25)22-8-11-24-9-6-21-7-10-24;/h12-13,21H,6-11H2,1-5H3,(H,22,25)(H,23,26);1H. The molecule has 1 saturated heterocycles. The first-order valence-electron chi connectivity index (χ1n) is 9.55. The van der Waals surface area contributed by atoms with Crippen molar-refractivity contribution in [3.63, 3.8) is 0 Å². The van der Waals surface area contributed by atoms with E-state index in [-0.39, 0.29) is 24.2 Å². The zero-order chi connectivity index (χ0) is 20.7. The highest BCUT2D eigenvalue weighted by molar-refractivity contribution is 6.05. The molecule has 3 N–H and O–H groups in total. The summed E-state index contributed by atoms with van der Waals surface area (Å²) in [5.74, 6) is 0.433. The first-order chi connectivity index (χ1) is 13.3. The number of amides is 2. The van der Waals surface area contributed by atoms with E-state index < -0.39 is 5.41 Å². The fraction of sp³-hybridized carbons (Fsp3) is 0.600. The van der Waals surface area contributed by atoms with E-state index >= 15 is 0 Å². The molecule has 0 spiro atoms. The number of halogens is 1. The molecule has 0 saturated carbocycles. The Kier molecular flexibility index (Phi) is 9.68. The zero-order valence-corrected chi connectivity index (χ0v) is 18.7. The average molecular weight is 429 g/mol. The molecule has 8 nitrogen and oxygen atoms in total. The molecule has 1 heterocycles. The molecular weight excluding hydrogens is 396 g/mol. The number of carbonyl (C=O) groups excluding carboxylic acids is 2. The summed E-state index contributed by atoms with van der Waals surface area (Å²) < 4.78 is 10.6. The number of piperazine rings is 1. The van der Waals surface area contributed by atoms with E-state index in [4.69, 9.17) is 9.47 Å². The van der Waals surface area contributed by atoms with Crippen molar-refractivity contribution in [2.24, 2.45) is 5.41 Å². The maximum atomic E-state index is 12.8. The maximum absolute atomic E-state index is 12.8. The maximum Gasteiger partial charge on any atom is 0.253 e. The van der Waals surface area contributed by atoms with E-state index in [1.54, 1.807) is 12.1 Å². The van der Waals surface area contributed by atoms with Gasteiger partial charge in [0.2, 0.25) is 5.91 Å². The molecule has 0 unspecified atom stereocenters. The Hall–Kier alpha value is -2.03. The fourth-order valence-electron chi connectivity index (χ4n) is 2.84. The van der Waals surface area contributed by atoms with Crippen molar-refractivity contribution in [3.8, 4) is 11.5 Å². The first kappa shape index (κ1) is 25.0. The van der Waals surface area contributed by atoms with Crippen LogP contribution in [0, 0.1) is 5.41 Å². The third-order valence-corrected chi connectivity index (χ3v) is 4.62. The molecule has 9 heteroatoms. The lowest BCUT2D eigenvalue weighted by atomic mass is 9.95. The van der Waals surface area contributed by atoms with E-state index in [1.165, 1.54) is 14.2 Å². The molecule has 2 rings (SSSR count). The van der Waals surface area contributed by atoms with Crippen molar-refractivity contribution < 1.29 is 19.1 Å². The number of benzene rings is 1. The third-order valence-electron chi connectivity index (χ3n) is 4.62. The molecule has 0 radical (unpaired) electrons. The summed E-state index contributed by atoms with van der Waals surface area (Å²) in [6.45, 7) is 10.6. The fourth-order valence-corrected chi connectivity index (χ4v) is 2.84. The van der Waals surface area contributed by atoms with Crippen LogP contribution < -0.4 is 25.4 Å². The summed E-state index contributed by atoms with van der Waals surface area (Å²) in [7, 11) is 3.03. The number of anilines is 1. The minimum atomic E-state index is -0.594. The van der Waals surface area contributed by atoms with Crippen molar-refractivity contribution in [1.29, 1.82) is 0 Å². The highest BCUT2D eigenvalue weighted by Crippen LogP contribution is 2.34. The molecule has 2 amide bonds. The molecule has 0 aromatic heterocycles. The number of methoxy groups -OCH3 is 2. The van der Waals surface area contributed by atoms with Gasteiger partial charge in [-0.05, 0) is 6.07 Å². The van der Waals surface area contributed by atoms with Gasteiger partial charge in [-0.25, -0.2) is 0 Å². The van der Waals surface area contributed by atoms with Crippen molar-refractivity contribution >= 4 is 29.9 Å². The molecule has 164 valence electrons. The summed E-state index contributed by atoms with van der Waals surface area (Å²) >= 11 is 0. The van der Waals surface area contributed by atoms with Crippen LogP contribution >= 0.6 is 12.4 Å². The van der Waals surface area contributed by atoms with E-state index in [1.807, 2.05) is 20.8 Å². The van der Waals surface area contributed by atoms with E-state index in [2.05, 4.69) is 20.9 Å². The lowest BCUT2D eigenvalue weighted by molar-refractivity contribution is -0.123. The smallest absolute Gasteiger partial charge is 0.253 e. The topological polar surface area (TPSA) is 91.9 Å². The summed E-state index contributed by atoms with van der Waals surface area (Å²) in [4.78, 5) is 27.6. The third kappa shape index (κ3) is 7.06. The van der Waals surface area contributed by atoms with Gasteiger partial charge >= 0.3 is 0 Å². The van der Waals surface area contributed by atoms with Crippen molar-refractivity contribution in [1.82, 2.24) is 15.5 Å². The van der Waals surface area contributed by atoms with Crippen LogP contribution in [0.5, 0.6) is 11.5 Å². The van der Waals surface area contributed by atoms with Crippen LogP contribution in [0.4, 0.5) is 5.69 Å². The largest absolute Gasteiger partial charge is 0.493 e. The summed E-state index contributed by atoms with van der Waals surface area (Å²) in [6, 6.07) is 3.21. The summed E-state index contributed by atoms with van der Waals surface area (Å²) in [5, 5.41) is 9.09. The normalized spacial score (nSPS) is 14.5. The Labute approximate surface area is 179 Å². The Bertz CT molecular complexity index is 700. The minimum Gasteiger partial charge on any atom is -0.493 e. The van der Waals surface area contributed by atoms with Crippen LogP contribution in [-0.2, 0) is 4.79 Å². The second-order valence-corrected chi connectivity index (χ2v) is 7.80. The average Bonchev–Trinajstić information content (AvgIpc) is 2.67. The highest BCUT2D eigenvalue weighted by Gasteiger charge is 2.25. The van der Waals surface area contributed by atoms with Crippen LogP contribution in [0.2, 0.25) is 0 Å². The number of ether oxygens (including phenoxy) is 2. The Balaban J connectivity index is 0.00000420. The van der Waals surface area contributed by atoms with Gasteiger partial charge in [0.1, 0.15) is 0 Å². The predicted molar refractivity (Wildman–Crippen MR) is 117 cm³/mol. The molecule has 1 aromatic carbocycles. The molecule has 0 aliphatic carbocycles. The van der Waals surface area contributed by atoms with Gasteiger partial charge in [-0.1, -0.05) is 20.8 Å². The summed E-state index contributed by atoms with van der Waals surface area (Å²) in [6.07, 6.45) is 0. The van der Waals surface area contributed by atoms with Crippen LogP contribution in [-0.4, -0.2) is 70.2 Å². The van der Waals surface area contributed by atoms with E-state index in [0.29, 0.717) is 29.3 Å². The number of carbonyl (C=O) groups is 2. The SMILES string of the molecule is COc1cc(NC(=O)C(C)(C)C)c(C(=O)NCCN2CCNCC2)cc1OC.Cl. The van der Waals surface area contributed by atoms with Gasteiger partial charge < -0.3 is 25.4 Å². The highest BCUT2D eigenvalue weighted by atomic mass is 35.5. The first-order valence-corrected chi connectivity index (χ1v) is 9.55. The number of hydrogen-bond donors (Lipinski definition) is 3. The lowest BCUT2D eigenvalue weighted by Crippen LogP contribution is -2.46. The number of nitrogens with one attached hydrogen (secondary N) is 3. The van der Waals surface area contributed by atoms with Gasteiger partial charge in [-0.3, -0.25) is 14.5 Å². The van der Waals surface area contributed by atoms with Crippen molar-refractivity contribution in [2.75, 3.05) is 58.8 Å². The Morgan fingerprint density at radius 3 is 2.24 bits per heavy atom. The van der Waals surface area contributed by atoms with Gasteiger partial charge in [0.25, 0.3) is 5.91 Å². The van der Waals surface area contributed by atoms with Gasteiger partial charge in [-0.15, -0.1) is 12.4 Å². The molecule has 0 atom stereocenters. The summed E-state index contributed by atoms with van der Waals surface area (Å²) in [5.41, 5.74) is 0.149. The molecule has 1 aromatic rings. The second kappa shape index (κ2) is 11.2. The number of rotatable bonds is 7.